The Labute approximate surface area is 176 Å². The Morgan fingerprint density at radius 1 is 1.03 bits per heavy atom. The average Bonchev–Trinajstić information content (AvgIpc) is 2.79. The first-order chi connectivity index (χ1) is 14.4. The van der Waals surface area contributed by atoms with Crippen molar-refractivity contribution in [2.45, 2.75) is 11.8 Å². The van der Waals surface area contributed by atoms with Gasteiger partial charge in [0, 0.05) is 39.3 Å². The van der Waals surface area contributed by atoms with E-state index in [9.17, 15) is 18.0 Å². The van der Waals surface area contributed by atoms with E-state index in [-0.39, 0.29) is 29.5 Å². The molecule has 0 atom stereocenters. The SMILES string of the molecule is CCOC(=O)N1CCN(C(=O)c2cc(S(=O)(=O)N3CCOCC3)ccc2OC)CC1. The quantitative estimate of drug-likeness (QED) is 0.660. The number of carbonyl (C=O) groups excluding carboxylic acids is 2. The Hall–Kier alpha value is -2.37. The molecule has 2 fully saturated rings. The lowest BCUT2D eigenvalue weighted by Gasteiger charge is -2.34. The number of benzene rings is 1. The normalized spacial score (nSPS) is 18.2. The Bertz CT molecular complexity index is 876. The standard InChI is InChI=1S/C19H27N3O7S/c1-3-29-19(24)21-8-6-20(7-9-21)18(23)16-14-15(4-5-17(16)27-2)30(25,26)22-10-12-28-13-11-22/h4-5,14H,3,6-13H2,1-2H3. The predicted octanol–water partition coefficient (Wildman–Crippen LogP) is 0.630. The highest BCUT2D eigenvalue weighted by Crippen LogP contribution is 2.26. The average molecular weight is 442 g/mol. The first kappa shape index (κ1) is 22.3. The number of morpholine rings is 1. The van der Waals surface area contributed by atoms with Crippen molar-refractivity contribution in [3.63, 3.8) is 0 Å². The maximum atomic E-state index is 13.1. The second-order valence-electron chi connectivity index (χ2n) is 6.86. The van der Waals surface area contributed by atoms with E-state index in [1.807, 2.05) is 0 Å². The molecule has 0 aromatic heterocycles. The fourth-order valence-electron chi connectivity index (χ4n) is 3.43. The minimum Gasteiger partial charge on any atom is -0.496 e. The summed E-state index contributed by atoms with van der Waals surface area (Å²) in [6, 6.07) is 4.30. The zero-order valence-corrected chi connectivity index (χ0v) is 18.0. The summed E-state index contributed by atoms with van der Waals surface area (Å²) in [6.07, 6.45) is -0.402. The number of sulfonamides is 1. The van der Waals surface area contributed by atoms with Gasteiger partial charge in [0.15, 0.2) is 0 Å². The highest BCUT2D eigenvalue weighted by molar-refractivity contribution is 7.89. The van der Waals surface area contributed by atoms with E-state index in [1.54, 1.807) is 16.7 Å². The smallest absolute Gasteiger partial charge is 0.409 e. The highest BCUT2D eigenvalue weighted by atomic mass is 32.2. The number of rotatable bonds is 5. The molecule has 0 radical (unpaired) electrons. The second-order valence-corrected chi connectivity index (χ2v) is 8.79. The van der Waals surface area contributed by atoms with Gasteiger partial charge in [0.05, 0.1) is 37.4 Å². The number of methoxy groups -OCH3 is 1. The van der Waals surface area contributed by atoms with E-state index in [0.717, 1.165) is 0 Å². The number of piperazine rings is 1. The molecule has 0 unspecified atom stereocenters. The van der Waals surface area contributed by atoms with Crippen molar-refractivity contribution >= 4 is 22.0 Å². The van der Waals surface area contributed by atoms with Crippen molar-refractivity contribution in [3.05, 3.63) is 23.8 Å². The molecule has 1 aromatic rings. The number of amides is 2. The van der Waals surface area contributed by atoms with Gasteiger partial charge in [-0.25, -0.2) is 13.2 Å². The van der Waals surface area contributed by atoms with Gasteiger partial charge >= 0.3 is 6.09 Å². The Kier molecular flexibility index (Phi) is 7.16. The molecule has 3 rings (SSSR count). The number of ether oxygens (including phenoxy) is 3. The third kappa shape index (κ3) is 4.68. The van der Waals surface area contributed by atoms with Gasteiger partial charge in [-0.15, -0.1) is 0 Å². The van der Waals surface area contributed by atoms with Gasteiger partial charge in [0.1, 0.15) is 5.75 Å². The fraction of sp³-hybridized carbons (Fsp3) is 0.579. The van der Waals surface area contributed by atoms with Crippen LogP contribution in [0.3, 0.4) is 0 Å². The molecule has 1 aromatic carbocycles. The predicted molar refractivity (Wildman–Crippen MR) is 107 cm³/mol. The van der Waals surface area contributed by atoms with Crippen LogP contribution in [0.1, 0.15) is 17.3 Å². The number of hydrogen-bond donors (Lipinski definition) is 0. The number of nitrogens with zero attached hydrogens (tertiary/aromatic N) is 3. The van der Waals surface area contributed by atoms with Crippen molar-refractivity contribution in [3.8, 4) is 5.75 Å². The summed E-state index contributed by atoms with van der Waals surface area (Å²) in [5, 5.41) is 0. The van der Waals surface area contributed by atoms with Crippen LogP contribution in [0.4, 0.5) is 4.79 Å². The molecular formula is C19H27N3O7S. The van der Waals surface area contributed by atoms with E-state index in [4.69, 9.17) is 14.2 Å². The van der Waals surface area contributed by atoms with Gasteiger partial charge < -0.3 is 24.0 Å². The van der Waals surface area contributed by atoms with E-state index in [0.29, 0.717) is 51.7 Å². The summed E-state index contributed by atoms with van der Waals surface area (Å²) in [5.74, 6) is -0.0388. The molecule has 0 bridgehead atoms. The molecule has 166 valence electrons. The molecule has 0 aliphatic carbocycles. The topological polar surface area (TPSA) is 106 Å². The number of carbonyl (C=O) groups is 2. The maximum absolute atomic E-state index is 13.1. The van der Waals surface area contributed by atoms with Crippen LogP contribution < -0.4 is 4.74 Å². The van der Waals surface area contributed by atoms with Crippen LogP contribution in [-0.2, 0) is 19.5 Å². The van der Waals surface area contributed by atoms with Crippen LogP contribution in [0.5, 0.6) is 5.75 Å². The Morgan fingerprint density at radius 2 is 1.67 bits per heavy atom. The van der Waals surface area contributed by atoms with Crippen molar-refractivity contribution < 1.29 is 32.2 Å². The molecule has 2 heterocycles. The lowest BCUT2D eigenvalue weighted by Crippen LogP contribution is -2.50. The van der Waals surface area contributed by atoms with E-state index in [1.165, 1.54) is 29.6 Å². The molecule has 30 heavy (non-hydrogen) atoms. The van der Waals surface area contributed by atoms with Gasteiger partial charge in [-0.3, -0.25) is 4.79 Å². The van der Waals surface area contributed by atoms with Crippen molar-refractivity contribution in [1.82, 2.24) is 14.1 Å². The zero-order valence-electron chi connectivity index (χ0n) is 17.2. The maximum Gasteiger partial charge on any atom is 0.409 e. The van der Waals surface area contributed by atoms with Gasteiger partial charge in [-0.1, -0.05) is 0 Å². The molecular weight excluding hydrogens is 414 g/mol. The molecule has 11 heteroatoms. The Balaban J connectivity index is 1.79. The summed E-state index contributed by atoms with van der Waals surface area (Å²) in [6.45, 7) is 4.58. The van der Waals surface area contributed by atoms with E-state index < -0.39 is 16.1 Å². The minimum absolute atomic E-state index is 0.0405. The first-order valence-corrected chi connectivity index (χ1v) is 11.3. The fourth-order valence-corrected chi connectivity index (χ4v) is 4.86. The summed E-state index contributed by atoms with van der Waals surface area (Å²) < 4.78 is 42.8. The first-order valence-electron chi connectivity index (χ1n) is 9.85. The van der Waals surface area contributed by atoms with Crippen molar-refractivity contribution in [1.29, 1.82) is 0 Å². The van der Waals surface area contributed by atoms with Crippen LogP contribution in [0.15, 0.2) is 23.1 Å². The summed E-state index contributed by atoms with van der Waals surface area (Å²) in [4.78, 5) is 28.1. The largest absolute Gasteiger partial charge is 0.496 e. The Morgan fingerprint density at radius 3 is 2.27 bits per heavy atom. The van der Waals surface area contributed by atoms with Crippen LogP contribution in [-0.4, -0.2) is 101 Å². The molecule has 0 saturated carbocycles. The second kappa shape index (κ2) is 9.63. The molecule has 2 aliphatic heterocycles. The zero-order chi connectivity index (χ0) is 21.7. The third-order valence-corrected chi connectivity index (χ3v) is 7.00. The van der Waals surface area contributed by atoms with Crippen molar-refractivity contribution in [2.24, 2.45) is 0 Å². The third-order valence-electron chi connectivity index (χ3n) is 5.10. The highest BCUT2D eigenvalue weighted by Gasteiger charge is 2.30. The molecule has 2 amide bonds. The summed E-state index contributed by atoms with van der Waals surface area (Å²) in [7, 11) is -2.31. The van der Waals surface area contributed by atoms with Gasteiger partial charge in [0.25, 0.3) is 5.91 Å². The molecule has 2 aliphatic rings. The van der Waals surface area contributed by atoms with Crippen LogP contribution >= 0.6 is 0 Å². The van der Waals surface area contributed by atoms with Crippen LogP contribution in [0, 0.1) is 0 Å². The van der Waals surface area contributed by atoms with E-state index >= 15 is 0 Å². The number of hydrogen-bond acceptors (Lipinski definition) is 7. The van der Waals surface area contributed by atoms with Gasteiger partial charge in [-0.2, -0.15) is 4.31 Å². The molecule has 2 saturated heterocycles. The minimum atomic E-state index is -3.74. The molecule has 0 N–H and O–H groups in total. The van der Waals surface area contributed by atoms with Crippen LogP contribution in [0.25, 0.3) is 0 Å². The monoisotopic (exact) mass is 441 g/mol. The lowest BCUT2D eigenvalue weighted by molar-refractivity contribution is 0.0567. The lowest BCUT2D eigenvalue weighted by atomic mass is 10.1. The van der Waals surface area contributed by atoms with E-state index in [2.05, 4.69) is 0 Å². The van der Waals surface area contributed by atoms with Gasteiger partial charge in [-0.05, 0) is 25.1 Å². The molecule has 0 spiro atoms. The molecule has 10 nitrogen and oxygen atoms in total. The summed E-state index contributed by atoms with van der Waals surface area (Å²) >= 11 is 0. The summed E-state index contributed by atoms with van der Waals surface area (Å²) in [5.41, 5.74) is 0.177. The van der Waals surface area contributed by atoms with Crippen molar-refractivity contribution in [2.75, 3.05) is 66.2 Å². The van der Waals surface area contributed by atoms with Crippen LogP contribution in [0.2, 0.25) is 0 Å². The van der Waals surface area contributed by atoms with Gasteiger partial charge in [0.2, 0.25) is 10.0 Å².